The number of benzene rings is 2. The Hall–Kier alpha value is -2.82. The first-order chi connectivity index (χ1) is 12.5. The van der Waals surface area contributed by atoms with Crippen molar-refractivity contribution >= 4 is 17.5 Å². The third-order valence-corrected chi connectivity index (χ3v) is 3.84. The molecule has 2 rings (SSSR count). The molecule has 5 nitrogen and oxygen atoms in total. The van der Waals surface area contributed by atoms with E-state index in [0.717, 1.165) is 11.3 Å². The maximum atomic E-state index is 12.0. The Bertz CT molecular complexity index is 712. The van der Waals surface area contributed by atoms with E-state index in [9.17, 15) is 9.59 Å². The summed E-state index contributed by atoms with van der Waals surface area (Å²) in [5.74, 6) is -0.0199. The second kappa shape index (κ2) is 9.61. The molecule has 5 heteroatoms. The molecule has 26 heavy (non-hydrogen) atoms. The summed E-state index contributed by atoms with van der Waals surface area (Å²) < 4.78 is 5.59. The maximum absolute atomic E-state index is 12.0. The molecule has 0 aliphatic carbocycles. The zero-order chi connectivity index (χ0) is 18.9. The van der Waals surface area contributed by atoms with Crippen molar-refractivity contribution in [2.75, 3.05) is 18.5 Å². The SMILES string of the molecule is CC(C)COc1ccc(NC(=O)C(=O)NC[C@@H](C)c2ccccc2)cc1. The highest BCUT2D eigenvalue weighted by Gasteiger charge is 2.15. The van der Waals surface area contributed by atoms with Gasteiger partial charge >= 0.3 is 11.8 Å². The Morgan fingerprint density at radius 1 is 0.923 bits per heavy atom. The van der Waals surface area contributed by atoms with Gasteiger partial charge in [-0.25, -0.2) is 0 Å². The third kappa shape index (κ3) is 6.24. The Labute approximate surface area is 154 Å². The molecule has 2 N–H and O–H groups in total. The summed E-state index contributed by atoms with van der Waals surface area (Å²) in [6.45, 7) is 7.19. The predicted molar refractivity (Wildman–Crippen MR) is 103 cm³/mol. The number of nitrogens with one attached hydrogen (secondary N) is 2. The first-order valence-electron chi connectivity index (χ1n) is 8.82. The lowest BCUT2D eigenvalue weighted by Gasteiger charge is -2.13. The van der Waals surface area contributed by atoms with Crippen LogP contribution in [-0.4, -0.2) is 25.0 Å². The Balaban J connectivity index is 1.80. The summed E-state index contributed by atoms with van der Waals surface area (Å²) in [6.07, 6.45) is 0. The number of hydrogen-bond donors (Lipinski definition) is 2. The van der Waals surface area contributed by atoms with Crippen LogP contribution < -0.4 is 15.4 Å². The monoisotopic (exact) mass is 354 g/mol. The van der Waals surface area contributed by atoms with Gasteiger partial charge in [0.05, 0.1) is 6.61 Å². The first kappa shape index (κ1) is 19.5. The fourth-order valence-electron chi connectivity index (χ4n) is 2.31. The van der Waals surface area contributed by atoms with Crippen LogP contribution in [-0.2, 0) is 9.59 Å². The molecular formula is C21H26N2O3. The molecular weight excluding hydrogens is 328 g/mol. The number of carbonyl (C=O) groups is 2. The molecule has 0 aliphatic heterocycles. The Kier molecular flexibility index (Phi) is 7.21. The van der Waals surface area contributed by atoms with Crippen LogP contribution in [0.2, 0.25) is 0 Å². The standard InChI is InChI=1S/C21H26N2O3/c1-15(2)14-26-19-11-9-18(10-12-19)23-21(25)20(24)22-13-16(3)17-7-5-4-6-8-17/h4-12,15-16H,13-14H2,1-3H3,(H,22,24)(H,23,25)/t16-/m1/s1. The highest BCUT2D eigenvalue weighted by Crippen LogP contribution is 2.16. The minimum atomic E-state index is -0.680. The topological polar surface area (TPSA) is 67.4 Å². The third-order valence-electron chi connectivity index (χ3n) is 3.84. The number of amides is 2. The van der Waals surface area contributed by atoms with Crippen molar-refractivity contribution in [3.05, 3.63) is 60.2 Å². The van der Waals surface area contributed by atoms with Crippen LogP contribution in [0.25, 0.3) is 0 Å². The van der Waals surface area contributed by atoms with Crippen molar-refractivity contribution in [3.8, 4) is 5.75 Å². The van der Waals surface area contributed by atoms with Crippen molar-refractivity contribution in [3.63, 3.8) is 0 Å². The minimum absolute atomic E-state index is 0.130. The fraction of sp³-hybridized carbons (Fsp3) is 0.333. The molecule has 0 unspecified atom stereocenters. The van der Waals surface area contributed by atoms with E-state index in [1.165, 1.54) is 0 Å². The second-order valence-electron chi connectivity index (χ2n) is 6.71. The molecule has 2 amide bonds. The molecule has 2 aromatic rings. The van der Waals surface area contributed by atoms with Gasteiger partial charge in [0.1, 0.15) is 5.75 Å². The van der Waals surface area contributed by atoms with E-state index in [1.54, 1.807) is 24.3 Å². The predicted octanol–water partition coefficient (Wildman–Crippen LogP) is 3.58. The van der Waals surface area contributed by atoms with Gasteiger partial charge in [-0.2, -0.15) is 0 Å². The molecule has 0 heterocycles. The number of carbonyl (C=O) groups excluding carboxylic acids is 2. The van der Waals surface area contributed by atoms with Crippen LogP contribution in [0.4, 0.5) is 5.69 Å². The summed E-state index contributed by atoms with van der Waals surface area (Å²) in [6, 6.07) is 16.8. The maximum Gasteiger partial charge on any atom is 0.313 e. The summed E-state index contributed by atoms with van der Waals surface area (Å²) in [7, 11) is 0. The van der Waals surface area contributed by atoms with Gasteiger partial charge in [-0.3, -0.25) is 9.59 Å². The van der Waals surface area contributed by atoms with Crippen LogP contribution >= 0.6 is 0 Å². The average Bonchev–Trinajstić information content (AvgIpc) is 2.65. The highest BCUT2D eigenvalue weighted by molar-refractivity contribution is 6.39. The molecule has 0 bridgehead atoms. The van der Waals surface area contributed by atoms with Gasteiger partial charge in [0.15, 0.2) is 0 Å². The van der Waals surface area contributed by atoms with Gasteiger partial charge < -0.3 is 15.4 Å². The van der Waals surface area contributed by atoms with Gasteiger partial charge in [-0.1, -0.05) is 51.1 Å². The van der Waals surface area contributed by atoms with Gasteiger partial charge in [-0.15, -0.1) is 0 Å². The lowest BCUT2D eigenvalue weighted by Crippen LogP contribution is -2.37. The van der Waals surface area contributed by atoms with Crippen LogP contribution in [0.5, 0.6) is 5.75 Å². The Morgan fingerprint density at radius 2 is 1.58 bits per heavy atom. The lowest BCUT2D eigenvalue weighted by atomic mass is 10.0. The molecule has 0 radical (unpaired) electrons. The smallest absolute Gasteiger partial charge is 0.313 e. The summed E-state index contributed by atoms with van der Waals surface area (Å²) in [4.78, 5) is 24.0. The summed E-state index contributed by atoms with van der Waals surface area (Å²) >= 11 is 0. The van der Waals surface area contributed by atoms with Gasteiger partial charge in [0, 0.05) is 12.2 Å². The summed E-state index contributed by atoms with van der Waals surface area (Å²) in [5.41, 5.74) is 1.67. The van der Waals surface area contributed by atoms with Crippen molar-refractivity contribution in [1.82, 2.24) is 5.32 Å². The fourth-order valence-corrected chi connectivity index (χ4v) is 2.31. The van der Waals surface area contributed by atoms with Gasteiger partial charge in [0.2, 0.25) is 0 Å². The molecule has 0 spiro atoms. The number of hydrogen-bond acceptors (Lipinski definition) is 3. The number of anilines is 1. The Morgan fingerprint density at radius 3 is 2.19 bits per heavy atom. The molecule has 0 aliphatic rings. The van der Waals surface area contributed by atoms with Crippen LogP contribution in [0.1, 0.15) is 32.3 Å². The van der Waals surface area contributed by atoms with Crippen molar-refractivity contribution < 1.29 is 14.3 Å². The van der Waals surface area contributed by atoms with Crippen LogP contribution in [0.15, 0.2) is 54.6 Å². The van der Waals surface area contributed by atoms with Crippen molar-refractivity contribution in [2.45, 2.75) is 26.7 Å². The molecule has 0 saturated heterocycles. The summed E-state index contributed by atoms with van der Waals surface area (Å²) in [5, 5.41) is 5.26. The van der Waals surface area contributed by atoms with Crippen molar-refractivity contribution in [1.29, 1.82) is 0 Å². The van der Waals surface area contributed by atoms with Crippen molar-refractivity contribution in [2.24, 2.45) is 5.92 Å². The molecule has 0 fully saturated rings. The van der Waals surface area contributed by atoms with E-state index in [0.29, 0.717) is 24.8 Å². The quantitative estimate of drug-likeness (QED) is 0.747. The van der Waals surface area contributed by atoms with E-state index in [1.807, 2.05) is 37.3 Å². The van der Waals surface area contributed by atoms with Gasteiger partial charge in [0.25, 0.3) is 0 Å². The second-order valence-corrected chi connectivity index (χ2v) is 6.71. The number of ether oxygens (including phenoxy) is 1. The first-order valence-corrected chi connectivity index (χ1v) is 8.82. The molecule has 1 atom stereocenters. The van der Waals surface area contributed by atoms with E-state index in [4.69, 9.17) is 4.74 Å². The van der Waals surface area contributed by atoms with E-state index < -0.39 is 11.8 Å². The van der Waals surface area contributed by atoms with E-state index >= 15 is 0 Å². The van der Waals surface area contributed by atoms with E-state index in [2.05, 4.69) is 24.5 Å². The van der Waals surface area contributed by atoms with Crippen LogP contribution in [0.3, 0.4) is 0 Å². The highest BCUT2D eigenvalue weighted by atomic mass is 16.5. The molecule has 0 aromatic heterocycles. The molecule has 138 valence electrons. The average molecular weight is 354 g/mol. The largest absolute Gasteiger partial charge is 0.493 e. The normalized spacial score (nSPS) is 11.7. The van der Waals surface area contributed by atoms with E-state index in [-0.39, 0.29) is 5.92 Å². The molecule has 2 aromatic carbocycles. The lowest BCUT2D eigenvalue weighted by molar-refractivity contribution is -0.136. The minimum Gasteiger partial charge on any atom is -0.493 e. The zero-order valence-corrected chi connectivity index (χ0v) is 15.5. The van der Waals surface area contributed by atoms with Gasteiger partial charge in [-0.05, 0) is 41.7 Å². The molecule has 0 saturated carbocycles. The number of rotatable bonds is 7. The van der Waals surface area contributed by atoms with Crippen LogP contribution in [0, 0.1) is 5.92 Å². The zero-order valence-electron chi connectivity index (χ0n) is 15.5.